The van der Waals surface area contributed by atoms with Crippen LogP contribution < -0.4 is 5.43 Å². The number of hydrogen-bond donors (Lipinski definition) is 1. The third-order valence-electron chi connectivity index (χ3n) is 2.72. The molecule has 0 aromatic rings. The van der Waals surface area contributed by atoms with E-state index in [1.807, 2.05) is 38.6 Å². The van der Waals surface area contributed by atoms with E-state index in [-0.39, 0.29) is 0 Å². The molecule has 0 spiro atoms. The Morgan fingerprint density at radius 1 is 1.05 bits per heavy atom. The first-order chi connectivity index (χ1) is 10.8. The summed E-state index contributed by atoms with van der Waals surface area (Å²) in [5.74, 6) is 0. The second-order valence-corrected chi connectivity index (χ2v) is 4.35. The Bertz CT molecular complexity index is 430. The van der Waals surface area contributed by atoms with Gasteiger partial charge in [-0.2, -0.15) is 5.12 Å². The average molecular weight is 303 g/mol. The maximum absolute atomic E-state index is 4.17. The largest absolute Gasteiger partial charge is 0.259 e. The van der Waals surface area contributed by atoms with Crippen LogP contribution >= 0.6 is 0 Å². The number of rotatable bonds is 12. The Hall–Kier alpha value is -2.06. The van der Waals surface area contributed by atoms with Crippen LogP contribution in [0.4, 0.5) is 0 Å². The molecule has 0 saturated heterocycles. The highest BCUT2D eigenvalue weighted by Gasteiger charge is 2.24. The van der Waals surface area contributed by atoms with Crippen LogP contribution in [0.15, 0.2) is 60.6 Å². The van der Waals surface area contributed by atoms with Gasteiger partial charge in [-0.1, -0.05) is 24.3 Å². The van der Waals surface area contributed by atoms with E-state index in [2.05, 4.69) is 41.7 Å². The summed E-state index contributed by atoms with van der Waals surface area (Å²) in [6.45, 7) is 18.1. The van der Waals surface area contributed by atoms with Gasteiger partial charge < -0.3 is 0 Å². The van der Waals surface area contributed by atoms with Crippen molar-refractivity contribution in [2.24, 2.45) is 9.98 Å². The maximum atomic E-state index is 4.17. The van der Waals surface area contributed by atoms with Crippen LogP contribution in [-0.4, -0.2) is 65.9 Å². The monoisotopic (exact) mass is 303 g/mol. The molecule has 0 unspecified atom stereocenters. The number of aliphatic imine (C=N–C) groups is 2. The van der Waals surface area contributed by atoms with Gasteiger partial charge in [0.1, 0.15) is 19.3 Å². The van der Waals surface area contributed by atoms with Crippen LogP contribution in [0.25, 0.3) is 0 Å². The smallest absolute Gasteiger partial charge is 0.129 e. The molecule has 7 nitrogen and oxygen atoms in total. The summed E-state index contributed by atoms with van der Waals surface area (Å²) in [6, 6.07) is 0. The molecule has 0 amide bonds. The third kappa shape index (κ3) is 5.38. The molecule has 0 atom stereocenters. The summed E-state index contributed by atoms with van der Waals surface area (Å²) in [7, 11) is 0. The molecule has 1 aliphatic heterocycles. The van der Waals surface area contributed by atoms with E-state index in [1.165, 1.54) is 6.34 Å². The summed E-state index contributed by atoms with van der Waals surface area (Å²) in [6.07, 6.45) is 10.5. The standard InChI is InChI=1S/C15H25N7/c1-5-9-18-20(10-6-2)22(12-8-4)21(11-7-3)19-14-16-13-17-15-19/h5-8,13-14,18H,1-4,9-12,15H2. The molecule has 1 heterocycles. The Morgan fingerprint density at radius 2 is 1.77 bits per heavy atom. The summed E-state index contributed by atoms with van der Waals surface area (Å²) in [4.78, 5) is 8.25. The van der Waals surface area contributed by atoms with Crippen molar-refractivity contribution >= 4 is 12.7 Å². The number of hydrazine groups is 4. The van der Waals surface area contributed by atoms with E-state index < -0.39 is 0 Å². The second kappa shape index (κ2) is 10.6. The van der Waals surface area contributed by atoms with Crippen LogP contribution in [0.5, 0.6) is 0 Å². The van der Waals surface area contributed by atoms with E-state index in [0.717, 1.165) is 0 Å². The summed E-state index contributed by atoms with van der Waals surface area (Å²) < 4.78 is 0. The molecule has 0 aromatic carbocycles. The van der Waals surface area contributed by atoms with Crippen LogP contribution in [0.3, 0.4) is 0 Å². The van der Waals surface area contributed by atoms with Gasteiger partial charge in [0.2, 0.25) is 0 Å². The van der Waals surface area contributed by atoms with Crippen molar-refractivity contribution in [2.75, 3.05) is 32.8 Å². The SMILES string of the molecule is C=CCNN(CC=C)N(CC=C)N(CC=C)N1C=NC=NC1. The molecule has 1 N–H and O–H groups in total. The Balaban J connectivity index is 2.97. The fourth-order valence-electron chi connectivity index (χ4n) is 1.86. The molecular weight excluding hydrogens is 278 g/mol. The van der Waals surface area contributed by atoms with E-state index in [9.17, 15) is 0 Å². The van der Waals surface area contributed by atoms with Crippen molar-refractivity contribution < 1.29 is 0 Å². The van der Waals surface area contributed by atoms with E-state index >= 15 is 0 Å². The van der Waals surface area contributed by atoms with Crippen LogP contribution in [0, 0.1) is 0 Å². The molecule has 22 heavy (non-hydrogen) atoms. The topological polar surface area (TPSA) is 49.7 Å². The lowest BCUT2D eigenvalue weighted by Crippen LogP contribution is -2.63. The van der Waals surface area contributed by atoms with Gasteiger partial charge in [0.05, 0.1) is 13.1 Å². The zero-order valence-electron chi connectivity index (χ0n) is 13.0. The lowest BCUT2D eigenvalue weighted by molar-refractivity contribution is -0.258. The quantitative estimate of drug-likeness (QED) is 0.434. The molecule has 7 heteroatoms. The molecule has 0 aromatic heterocycles. The van der Waals surface area contributed by atoms with E-state index in [4.69, 9.17) is 0 Å². The molecule has 0 saturated carbocycles. The molecular formula is C15H25N7. The summed E-state index contributed by atoms with van der Waals surface area (Å²) in [5, 5.41) is 7.81. The molecule has 0 bridgehead atoms. The first-order valence-corrected chi connectivity index (χ1v) is 7.06. The van der Waals surface area contributed by atoms with Crippen molar-refractivity contribution in [3.63, 3.8) is 0 Å². The minimum absolute atomic E-state index is 0.494. The van der Waals surface area contributed by atoms with Crippen molar-refractivity contribution in [1.29, 1.82) is 0 Å². The molecule has 1 rings (SSSR count). The number of nitrogens with zero attached hydrogens (tertiary/aromatic N) is 6. The van der Waals surface area contributed by atoms with Gasteiger partial charge in [-0.25, -0.2) is 10.4 Å². The van der Waals surface area contributed by atoms with Gasteiger partial charge in [0.15, 0.2) is 0 Å². The van der Waals surface area contributed by atoms with Crippen molar-refractivity contribution in [3.8, 4) is 0 Å². The Kier molecular flexibility index (Phi) is 8.70. The maximum Gasteiger partial charge on any atom is 0.129 e. The fourth-order valence-corrected chi connectivity index (χ4v) is 1.86. The second-order valence-electron chi connectivity index (χ2n) is 4.35. The zero-order valence-corrected chi connectivity index (χ0v) is 13.0. The lowest BCUT2D eigenvalue weighted by Gasteiger charge is -2.44. The average Bonchev–Trinajstić information content (AvgIpc) is 2.56. The number of nitrogens with one attached hydrogen (secondary N) is 1. The van der Waals surface area contributed by atoms with Gasteiger partial charge in [0.25, 0.3) is 0 Å². The highest BCUT2D eigenvalue weighted by Crippen LogP contribution is 2.08. The van der Waals surface area contributed by atoms with Crippen LogP contribution in [-0.2, 0) is 0 Å². The fraction of sp³-hybridized carbons (Fsp3) is 0.333. The van der Waals surface area contributed by atoms with Crippen LogP contribution in [0.1, 0.15) is 0 Å². The molecule has 120 valence electrons. The first kappa shape index (κ1) is 18.0. The lowest BCUT2D eigenvalue weighted by atomic mass is 10.5. The molecule has 1 aliphatic rings. The van der Waals surface area contributed by atoms with Gasteiger partial charge in [-0.05, 0) is 0 Å². The summed E-state index contributed by atoms with van der Waals surface area (Å²) >= 11 is 0. The van der Waals surface area contributed by atoms with Gasteiger partial charge in [-0.3, -0.25) is 10.0 Å². The minimum Gasteiger partial charge on any atom is -0.259 e. The summed E-state index contributed by atoms with van der Waals surface area (Å²) in [5.41, 5.74) is 3.27. The third-order valence-corrected chi connectivity index (χ3v) is 2.72. The Morgan fingerprint density at radius 3 is 2.32 bits per heavy atom. The molecule has 0 aliphatic carbocycles. The van der Waals surface area contributed by atoms with Crippen LogP contribution in [0.2, 0.25) is 0 Å². The van der Waals surface area contributed by atoms with Gasteiger partial charge >= 0.3 is 0 Å². The highest BCUT2D eigenvalue weighted by atomic mass is 16.0. The van der Waals surface area contributed by atoms with Gasteiger partial charge in [-0.15, -0.1) is 36.6 Å². The first-order valence-electron chi connectivity index (χ1n) is 7.06. The minimum atomic E-state index is 0.494. The zero-order chi connectivity index (χ0) is 16.2. The van der Waals surface area contributed by atoms with Crippen molar-refractivity contribution in [2.45, 2.75) is 0 Å². The normalized spacial score (nSPS) is 13.9. The molecule has 0 fully saturated rings. The Labute approximate surface area is 132 Å². The predicted octanol–water partition coefficient (Wildman–Crippen LogP) is 1.22. The van der Waals surface area contributed by atoms with Gasteiger partial charge in [0, 0.05) is 13.1 Å². The van der Waals surface area contributed by atoms with Crippen molar-refractivity contribution in [3.05, 3.63) is 50.6 Å². The predicted molar refractivity (Wildman–Crippen MR) is 92.6 cm³/mol. The number of hydrogen-bond acceptors (Lipinski definition) is 7. The highest BCUT2D eigenvalue weighted by molar-refractivity contribution is 5.72. The van der Waals surface area contributed by atoms with Crippen molar-refractivity contribution in [1.82, 2.24) is 25.8 Å². The molecule has 0 radical (unpaired) electrons. The van der Waals surface area contributed by atoms with E-state index in [0.29, 0.717) is 32.8 Å². The van der Waals surface area contributed by atoms with E-state index in [1.54, 1.807) is 12.4 Å².